The number of halogens is 2. The molecule has 1 aliphatic carbocycles. The summed E-state index contributed by atoms with van der Waals surface area (Å²) in [5.41, 5.74) is 5.80. The van der Waals surface area contributed by atoms with E-state index in [1.54, 1.807) is 43.5 Å². The van der Waals surface area contributed by atoms with Gasteiger partial charge in [-0.15, -0.1) is 24.8 Å². The maximum absolute atomic E-state index is 11.7. The van der Waals surface area contributed by atoms with Gasteiger partial charge in [0.15, 0.2) is 11.4 Å². The Morgan fingerprint density at radius 3 is 2.41 bits per heavy atom. The molecule has 0 saturated carbocycles. The number of ether oxygens (including phenoxy) is 3. The predicted molar refractivity (Wildman–Crippen MR) is 148 cm³/mol. The second-order valence-corrected chi connectivity index (χ2v) is 8.11. The van der Waals surface area contributed by atoms with E-state index in [2.05, 4.69) is 10.3 Å². The normalized spacial score (nSPS) is 23.9. The van der Waals surface area contributed by atoms with Crippen LogP contribution in [-0.2, 0) is 15.1 Å². The fourth-order valence-electron chi connectivity index (χ4n) is 4.15. The van der Waals surface area contributed by atoms with Crippen LogP contribution in [-0.4, -0.2) is 61.6 Å². The van der Waals surface area contributed by atoms with Crippen LogP contribution >= 0.6 is 24.8 Å². The van der Waals surface area contributed by atoms with E-state index < -0.39 is 17.4 Å². The number of aromatic hydroxyl groups is 1. The fraction of sp³-hybridized carbons (Fsp3) is 0.308. The molecule has 0 radical (unpaired) electrons. The molecule has 11 heteroatoms. The van der Waals surface area contributed by atoms with Crippen molar-refractivity contribution in [2.75, 3.05) is 33.5 Å². The molecule has 0 saturated heterocycles. The van der Waals surface area contributed by atoms with E-state index in [0.717, 1.165) is 11.3 Å². The van der Waals surface area contributed by atoms with Crippen molar-refractivity contribution in [3.63, 3.8) is 0 Å². The van der Waals surface area contributed by atoms with E-state index in [0.29, 0.717) is 24.6 Å². The third kappa shape index (κ3) is 6.70. The Morgan fingerprint density at radius 2 is 1.73 bits per heavy atom. The highest BCUT2D eigenvalue weighted by atomic mass is 35.5. The van der Waals surface area contributed by atoms with Crippen molar-refractivity contribution in [3.8, 4) is 11.5 Å². The summed E-state index contributed by atoms with van der Waals surface area (Å²) in [5.74, 6) is -0.990. The molecule has 37 heavy (non-hydrogen) atoms. The number of hydrogen-bond acceptors (Lipinski definition) is 9. The number of hydrogen-bond donors (Lipinski definition) is 4. The predicted octanol–water partition coefficient (Wildman–Crippen LogP) is 2.90. The standard InChI is InChI=1S/C26H30N4O5.2ClH/c1-33-22-11-5-19(6-12-22)24-28-18-29-26(30-24,20-7-9-21(31)10-8-20)23-4-2-3-13-25(23,32)35-17-16-34-15-14-27;;/h2-13,18,23,31-32H,14-17,27H2,1H3,(H,28,29,30);2*1H. The summed E-state index contributed by atoms with van der Waals surface area (Å²) in [6.07, 6.45) is 8.48. The monoisotopic (exact) mass is 550 g/mol. The molecule has 3 unspecified atom stereocenters. The number of methoxy groups -OCH3 is 1. The maximum Gasteiger partial charge on any atom is 0.196 e. The molecule has 1 aliphatic heterocycles. The highest BCUT2D eigenvalue weighted by Gasteiger charge is 2.52. The zero-order chi connectivity index (χ0) is 24.7. The minimum absolute atomic E-state index is 0. The minimum atomic E-state index is -1.70. The second kappa shape index (κ2) is 13.6. The Balaban J connectivity index is 0.00000241. The van der Waals surface area contributed by atoms with Gasteiger partial charge in [0.05, 0.1) is 32.8 Å². The van der Waals surface area contributed by atoms with Crippen LogP contribution in [0.1, 0.15) is 11.1 Å². The largest absolute Gasteiger partial charge is 0.508 e. The fourth-order valence-corrected chi connectivity index (χ4v) is 4.15. The topological polar surface area (TPSA) is 131 Å². The van der Waals surface area contributed by atoms with Gasteiger partial charge in [0.2, 0.25) is 0 Å². The van der Waals surface area contributed by atoms with Crippen LogP contribution in [0.4, 0.5) is 0 Å². The molecule has 4 rings (SSSR count). The third-order valence-corrected chi connectivity index (χ3v) is 5.90. The number of nitrogens with one attached hydrogen (secondary N) is 1. The number of rotatable bonds is 10. The lowest BCUT2D eigenvalue weighted by atomic mass is 9.77. The van der Waals surface area contributed by atoms with Gasteiger partial charge in [-0.2, -0.15) is 0 Å². The lowest BCUT2D eigenvalue weighted by molar-refractivity contribution is -0.212. The van der Waals surface area contributed by atoms with Crippen LogP contribution in [0.15, 0.2) is 82.8 Å². The second-order valence-electron chi connectivity index (χ2n) is 8.11. The Kier molecular flexibility index (Phi) is 11.1. The van der Waals surface area contributed by atoms with Crippen molar-refractivity contribution in [3.05, 3.63) is 84.0 Å². The summed E-state index contributed by atoms with van der Waals surface area (Å²) in [5, 5.41) is 25.0. The smallest absolute Gasteiger partial charge is 0.196 e. The lowest BCUT2D eigenvalue weighted by Crippen LogP contribution is -2.59. The quantitative estimate of drug-likeness (QED) is 0.264. The van der Waals surface area contributed by atoms with Gasteiger partial charge in [-0.1, -0.05) is 30.4 Å². The number of aliphatic hydroxyl groups is 1. The summed E-state index contributed by atoms with van der Waals surface area (Å²) in [7, 11) is 1.61. The van der Waals surface area contributed by atoms with E-state index in [4.69, 9.17) is 24.9 Å². The maximum atomic E-state index is 11.7. The number of phenols is 1. The summed E-state index contributed by atoms with van der Waals surface area (Å²) in [6, 6.07) is 14.1. The van der Waals surface area contributed by atoms with Crippen molar-refractivity contribution < 1.29 is 24.4 Å². The number of nitrogens with zero attached hydrogens (tertiary/aromatic N) is 2. The van der Waals surface area contributed by atoms with Gasteiger partial charge in [0, 0.05) is 17.7 Å². The van der Waals surface area contributed by atoms with Gasteiger partial charge >= 0.3 is 0 Å². The van der Waals surface area contributed by atoms with Gasteiger partial charge in [0.25, 0.3) is 0 Å². The van der Waals surface area contributed by atoms with Crippen LogP contribution in [0.2, 0.25) is 0 Å². The first-order valence-electron chi connectivity index (χ1n) is 11.3. The van der Waals surface area contributed by atoms with Crippen LogP contribution in [0.25, 0.3) is 0 Å². The van der Waals surface area contributed by atoms with Crippen LogP contribution in [0.5, 0.6) is 11.5 Å². The summed E-state index contributed by atoms with van der Waals surface area (Å²) in [4.78, 5) is 9.20. The minimum Gasteiger partial charge on any atom is -0.508 e. The number of phenolic OH excluding ortho intramolecular Hbond substituents is 1. The third-order valence-electron chi connectivity index (χ3n) is 5.90. The molecule has 2 aliphatic rings. The van der Waals surface area contributed by atoms with Crippen molar-refractivity contribution >= 4 is 37.0 Å². The SMILES string of the molecule is COc1ccc(C2=NC=NC(c3ccc(O)cc3)(C3C=CC=CC3(O)OCCOCCN)N2)cc1.Cl.Cl. The van der Waals surface area contributed by atoms with Gasteiger partial charge in [-0.3, -0.25) is 0 Å². The molecule has 9 nitrogen and oxygen atoms in total. The Morgan fingerprint density at radius 1 is 1.00 bits per heavy atom. The van der Waals surface area contributed by atoms with E-state index in [1.807, 2.05) is 36.4 Å². The number of nitrogens with two attached hydrogens (primary N) is 1. The zero-order valence-corrected chi connectivity index (χ0v) is 22.0. The number of benzene rings is 2. The lowest BCUT2D eigenvalue weighted by Gasteiger charge is -2.46. The number of aliphatic imine (C=N–C) groups is 2. The first-order chi connectivity index (χ1) is 17.0. The first-order valence-corrected chi connectivity index (χ1v) is 11.3. The Hall–Kier alpha value is -2.92. The summed E-state index contributed by atoms with van der Waals surface area (Å²) < 4.78 is 16.6. The summed E-state index contributed by atoms with van der Waals surface area (Å²) >= 11 is 0. The molecule has 0 aromatic heterocycles. The van der Waals surface area contributed by atoms with Crippen LogP contribution in [0.3, 0.4) is 0 Å². The zero-order valence-electron chi connectivity index (χ0n) is 20.3. The highest BCUT2D eigenvalue weighted by molar-refractivity contribution is 6.04. The number of allylic oxidation sites excluding steroid dienone is 2. The average Bonchev–Trinajstić information content (AvgIpc) is 2.89. The number of amidine groups is 1. The van der Waals surface area contributed by atoms with Crippen LogP contribution in [0, 0.1) is 5.92 Å². The molecule has 0 spiro atoms. The van der Waals surface area contributed by atoms with E-state index in [-0.39, 0.29) is 43.8 Å². The van der Waals surface area contributed by atoms with Gasteiger partial charge in [-0.05, 0) is 42.5 Å². The van der Waals surface area contributed by atoms with Crippen molar-refractivity contribution in [1.29, 1.82) is 0 Å². The molecule has 1 heterocycles. The van der Waals surface area contributed by atoms with E-state index in [9.17, 15) is 10.2 Å². The molecular weight excluding hydrogens is 519 g/mol. The molecule has 3 atom stereocenters. The molecule has 0 amide bonds. The van der Waals surface area contributed by atoms with Gasteiger partial charge in [0.1, 0.15) is 23.7 Å². The van der Waals surface area contributed by atoms with E-state index >= 15 is 0 Å². The summed E-state index contributed by atoms with van der Waals surface area (Å²) in [6.45, 7) is 1.25. The van der Waals surface area contributed by atoms with E-state index in [1.165, 1.54) is 6.34 Å². The molecule has 0 bridgehead atoms. The molecule has 200 valence electrons. The Labute approximate surface area is 228 Å². The highest BCUT2D eigenvalue weighted by Crippen LogP contribution is 2.43. The van der Waals surface area contributed by atoms with Crippen LogP contribution < -0.4 is 15.8 Å². The van der Waals surface area contributed by atoms with Crippen molar-refractivity contribution in [2.45, 2.75) is 11.4 Å². The molecule has 5 N–H and O–H groups in total. The molecule has 2 aromatic rings. The van der Waals surface area contributed by atoms with Crippen molar-refractivity contribution in [2.24, 2.45) is 21.6 Å². The average molecular weight is 551 g/mol. The van der Waals surface area contributed by atoms with Gasteiger partial charge < -0.3 is 35.5 Å². The van der Waals surface area contributed by atoms with Gasteiger partial charge in [-0.25, -0.2) is 9.98 Å². The molecular formula is C26H32Cl2N4O5. The molecule has 0 fully saturated rings. The Bertz CT molecular complexity index is 1120. The first kappa shape index (κ1) is 30.3. The molecule has 2 aromatic carbocycles. The van der Waals surface area contributed by atoms with Crippen molar-refractivity contribution in [1.82, 2.24) is 5.32 Å².